The summed E-state index contributed by atoms with van der Waals surface area (Å²) in [6, 6.07) is 1.78. The van der Waals surface area contributed by atoms with Gasteiger partial charge in [-0.2, -0.15) is 5.10 Å². The Morgan fingerprint density at radius 3 is 3.27 bits per heavy atom. The van der Waals surface area contributed by atoms with Crippen LogP contribution in [0.25, 0.3) is 11.0 Å². The molecule has 0 aliphatic rings. The zero-order chi connectivity index (χ0) is 7.68. The van der Waals surface area contributed by atoms with Crippen LogP contribution in [0.5, 0.6) is 0 Å². The third-order valence-corrected chi connectivity index (χ3v) is 1.50. The van der Waals surface area contributed by atoms with Crippen molar-refractivity contribution >= 4 is 11.0 Å². The molecule has 1 N–H and O–H groups in total. The third kappa shape index (κ3) is 0.767. The number of aromatic nitrogens is 3. The molecule has 0 unspecified atom stereocenters. The molecule has 0 aliphatic heterocycles. The number of pyridine rings is 1. The van der Waals surface area contributed by atoms with Crippen molar-refractivity contribution in [2.24, 2.45) is 0 Å². The fourth-order valence-electron chi connectivity index (χ4n) is 0.972. The Balaban J connectivity index is 2.92. The van der Waals surface area contributed by atoms with Crippen molar-refractivity contribution in [2.45, 2.75) is 0 Å². The van der Waals surface area contributed by atoms with Gasteiger partial charge in [0.1, 0.15) is 5.52 Å². The second kappa shape index (κ2) is 2.10. The van der Waals surface area contributed by atoms with E-state index >= 15 is 0 Å². The topological polar surface area (TPSA) is 41.6 Å². The molecule has 2 aromatic heterocycles. The van der Waals surface area contributed by atoms with E-state index in [9.17, 15) is 0 Å². The molecule has 0 amide bonds. The second-order valence-electron chi connectivity index (χ2n) is 2.13. The molecular formula is C8H5N3. The first-order valence-corrected chi connectivity index (χ1v) is 3.16. The molecule has 0 spiro atoms. The molecule has 0 saturated carbocycles. The van der Waals surface area contributed by atoms with E-state index in [1.165, 1.54) is 0 Å². The smallest absolute Gasteiger partial charge is 0.109 e. The SMILES string of the molecule is C#Cc1ccnc2cn[nH]c12. The molecule has 0 bridgehead atoms. The molecule has 11 heavy (non-hydrogen) atoms. The monoisotopic (exact) mass is 143 g/mol. The van der Waals surface area contributed by atoms with Crippen molar-refractivity contribution in [3.05, 3.63) is 24.0 Å². The second-order valence-corrected chi connectivity index (χ2v) is 2.13. The highest BCUT2D eigenvalue weighted by molar-refractivity contribution is 5.79. The summed E-state index contributed by atoms with van der Waals surface area (Å²) in [5, 5.41) is 6.61. The maximum atomic E-state index is 5.25. The van der Waals surface area contributed by atoms with Gasteiger partial charge in [-0.3, -0.25) is 10.1 Å². The molecule has 52 valence electrons. The van der Waals surface area contributed by atoms with E-state index in [4.69, 9.17) is 6.42 Å². The number of aromatic amines is 1. The minimum absolute atomic E-state index is 0.799. The predicted octanol–water partition coefficient (Wildman–Crippen LogP) is 0.939. The maximum Gasteiger partial charge on any atom is 0.109 e. The van der Waals surface area contributed by atoms with E-state index in [0.717, 1.165) is 16.6 Å². The fourth-order valence-corrected chi connectivity index (χ4v) is 0.972. The van der Waals surface area contributed by atoms with E-state index in [2.05, 4.69) is 21.1 Å². The van der Waals surface area contributed by atoms with Crippen LogP contribution in [-0.4, -0.2) is 15.2 Å². The minimum Gasteiger partial charge on any atom is -0.275 e. The van der Waals surface area contributed by atoms with Crippen LogP contribution in [0, 0.1) is 12.3 Å². The maximum absolute atomic E-state index is 5.25. The van der Waals surface area contributed by atoms with Crippen molar-refractivity contribution in [3.8, 4) is 12.3 Å². The summed E-state index contributed by atoms with van der Waals surface area (Å²) in [6.07, 6.45) is 8.57. The van der Waals surface area contributed by atoms with Crippen molar-refractivity contribution in [2.75, 3.05) is 0 Å². The van der Waals surface area contributed by atoms with Crippen LogP contribution in [0.4, 0.5) is 0 Å². The molecule has 0 aliphatic carbocycles. The first-order chi connectivity index (χ1) is 5.42. The Labute approximate surface area is 63.5 Å². The van der Waals surface area contributed by atoms with Gasteiger partial charge in [-0.25, -0.2) is 0 Å². The van der Waals surface area contributed by atoms with Crippen LogP contribution >= 0.6 is 0 Å². The van der Waals surface area contributed by atoms with Crippen LogP contribution < -0.4 is 0 Å². The first kappa shape index (κ1) is 5.93. The van der Waals surface area contributed by atoms with Crippen molar-refractivity contribution in [3.63, 3.8) is 0 Å². The average molecular weight is 143 g/mol. The molecule has 3 nitrogen and oxygen atoms in total. The highest BCUT2D eigenvalue weighted by atomic mass is 15.1. The summed E-state index contributed by atoms with van der Waals surface area (Å²) >= 11 is 0. The van der Waals surface area contributed by atoms with Gasteiger partial charge in [0.25, 0.3) is 0 Å². The molecule has 2 aromatic rings. The normalized spacial score (nSPS) is 9.73. The van der Waals surface area contributed by atoms with Gasteiger partial charge < -0.3 is 0 Å². The summed E-state index contributed by atoms with van der Waals surface area (Å²) in [7, 11) is 0. The summed E-state index contributed by atoms with van der Waals surface area (Å²) in [5.41, 5.74) is 2.43. The lowest BCUT2D eigenvalue weighted by molar-refractivity contribution is 1.12. The number of nitrogens with zero attached hydrogens (tertiary/aromatic N) is 2. The summed E-state index contributed by atoms with van der Waals surface area (Å²) in [6.45, 7) is 0. The largest absolute Gasteiger partial charge is 0.275 e. The van der Waals surface area contributed by atoms with Crippen LogP contribution in [0.1, 0.15) is 5.56 Å². The Morgan fingerprint density at radius 1 is 1.55 bits per heavy atom. The number of H-pyrrole nitrogens is 1. The number of hydrogen-bond acceptors (Lipinski definition) is 2. The Hall–Kier alpha value is -1.82. The Morgan fingerprint density at radius 2 is 2.45 bits per heavy atom. The lowest BCUT2D eigenvalue weighted by Gasteiger charge is -1.89. The first-order valence-electron chi connectivity index (χ1n) is 3.16. The Kier molecular flexibility index (Phi) is 1.13. The van der Waals surface area contributed by atoms with Crippen molar-refractivity contribution in [1.82, 2.24) is 15.2 Å². The van der Waals surface area contributed by atoms with Crippen molar-refractivity contribution in [1.29, 1.82) is 0 Å². The van der Waals surface area contributed by atoms with Crippen LogP contribution in [0.2, 0.25) is 0 Å². The molecule has 0 atom stereocenters. The van der Waals surface area contributed by atoms with Gasteiger partial charge >= 0.3 is 0 Å². The number of fused-ring (bicyclic) bond motifs is 1. The molecule has 3 heteroatoms. The molecule has 0 fully saturated rings. The van der Waals surface area contributed by atoms with E-state index in [-0.39, 0.29) is 0 Å². The number of terminal acetylenes is 1. The van der Waals surface area contributed by atoms with Crippen LogP contribution in [0.3, 0.4) is 0 Å². The molecule has 2 rings (SSSR count). The van der Waals surface area contributed by atoms with Gasteiger partial charge in [0.05, 0.1) is 17.3 Å². The summed E-state index contributed by atoms with van der Waals surface area (Å²) < 4.78 is 0. The number of rotatable bonds is 0. The zero-order valence-electron chi connectivity index (χ0n) is 5.70. The molecule has 2 heterocycles. The van der Waals surface area contributed by atoms with E-state index in [1.807, 2.05) is 0 Å². The lowest BCUT2D eigenvalue weighted by Crippen LogP contribution is -1.79. The third-order valence-electron chi connectivity index (χ3n) is 1.50. The number of nitrogens with one attached hydrogen (secondary N) is 1. The molecule has 0 saturated heterocycles. The molecule has 0 radical (unpaired) electrons. The zero-order valence-corrected chi connectivity index (χ0v) is 5.70. The van der Waals surface area contributed by atoms with Gasteiger partial charge in [-0.15, -0.1) is 6.42 Å². The van der Waals surface area contributed by atoms with Crippen LogP contribution in [-0.2, 0) is 0 Å². The van der Waals surface area contributed by atoms with E-state index in [0.29, 0.717) is 0 Å². The van der Waals surface area contributed by atoms with Gasteiger partial charge in [-0.05, 0) is 6.07 Å². The Bertz CT molecular complexity index is 422. The summed E-state index contributed by atoms with van der Waals surface area (Å²) in [4.78, 5) is 4.06. The van der Waals surface area contributed by atoms with Crippen molar-refractivity contribution < 1.29 is 0 Å². The van der Waals surface area contributed by atoms with Crippen LogP contribution in [0.15, 0.2) is 18.5 Å². The molecule has 0 aromatic carbocycles. The molecular weight excluding hydrogens is 138 g/mol. The fraction of sp³-hybridized carbons (Fsp3) is 0. The quantitative estimate of drug-likeness (QED) is 0.557. The standard InChI is InChI=1S/C8H5N3/c1-2-6-3-4-9-7-5-10-11-8(6)7/h1,3-5H,(H,10,11). The lowest BCUT2D eigenvalue weighted by atomic mass is 10.2. The predicted molar refractivity (Wildman–Crippen MR) is 41.8 cm³/mol. The highest BCUT2D eigenvalue weighted by Gasteiger charge is 1.98. The van der Waals surface area contributed by atoms with E-state index < -0.39 is 0 Å². The summed E-state index contributed by atoms with van der Waals surface area (Å²) in [5.74, 6) is 2.54. The average Bonchev–Trinajstić information content (AvgIpc) is 2.50. The number of hydrogen-bond donors (Lipinski definition) is 1. The van der Waals surface area contributed by atoms with Gasteiger partial charge in [0.2, 0.25) is 0 Å². The van der Waals surface area contributed by atoms with Gasteiger partial charge in [-0.1, -0.05) is 5.92 Å². The minimum atomic E-state index is 0.799. The van der Waals surface area contributed by atoms with E-state index in [1.54, 1.807) is 18.5 Å². The highest BCUT2D eigenvalue weighted by Crippen LogP contribution is 2.10. The van der Waals surface area contributed by atoms with Gasteiger partial charge in [0, 0.05) is 6.20 Å². The van der Waals surface area contributed by atoms with Gasteiger partial charge in [0.15, 0.2) is 0 Å².